The Morgan fingerprint density at radius 2 is 1.21 bits per heavy atom. The van der Waals surface area contributed by atoms with E-state index in [1.165, 1.54) is 13.0 Å². The van der Waals surface area contributed by atoms with E-state index in [0.29, 0.717) is 0 Å². The maximum atomic E-state index is 13.3. The molecule has 0 bridgehead atoms. The summed E-state index contributed by atoms with van der Waals surface area (Å²) in [6.07, 6.45) is 0. The molecule has 2 N–H and O–H groups in total. The van der Waals surface area contributed by atoms with E-state index in [9.17, 15) is 32.0 Å². The van der Waals surface area contributed by atoms with E-state index in [4.69, 9.17) is 9.05 Å². The number of fused-ring (bicyclic) bond motifs is 3. The van der Waals surface area contributed by atoms with Gasteiger partial charge >= 0.3 is 7.60 Å². The molecule has 184 valence electrons. The van der Waals surface area contributed by atoms with Crippen molar-refractivity contribution in [1.82, 2.24) is 0 Å². The number of hydrogen-bond acceptors (Lipinski definition) is 10. The molecule has 12 nitrogen and oxygen atoms in total. The number of hydrogen-bond donors (Lipinski definition) is 2. The highest BCUT2D eigenvalue weighted by Gasteiger charge is 2.39. The molecule has 1 heterocycles. The first-order chi connectivity index (χ1) is 15.7. The molecule has 0 aliphatic carbocycles. The van der Waals surface area contributed by atoms with Crippen LogP contribution in [0.15, 0.2) is 34.1 Å². The minimum absolute atomic E-state index is 0.000144. The fourth-order valence-electron chi connectivity index (χ4n) is 3.52. The lowest BCUT2D eigenvalue weighted by atomic mass is 10.0. The van der Waals surface area contributed by atoms with E-state index in [0.717, 1.165) is 46.5 Å². The number of amides is 2. The topological polar surface area (TPSA) is 177 Å². The zero-order valence-corrected chi connectivity index (χ0v) is 21.3. The Kier molecular flexibility index (Phi) is 6.95. The molecule has 15 heteroatoms. The molecule has 1 unspecified atom stereocenters. The second-order valence-corrected chi connectivity index (χ2v) is 13.1. The van der Waals surface area contributed by atoms with Crippen molar-refractivity contribution in [2.45, 2.75) is 23.6 Å². The smallest absolute Gasteiger partial charge is 0.362 e. The number of carbonyl (C=O) groups is 2. The van der Waals surface area contributed by atoms with Gasteiger partial charge in [0, 0.05) is 51.6 Å². The lowest BCUT2D eigenvalue weighted by Gasteiger charge is -2.25. The van der Waals surface area contributed by atoms with Gasteiger partial charge in [-0.3, -0.25) is 14.2 Å². The van der Waals surface area contributed by atoms with Gasteiger partial charge in [-0.25, -0.2) is 8.42 Å². The van der Waals surface area contributed by atoms with Crippen LogP contribution in [0.5, 0.6) is 0 Å². The monoisotopic (exact) mass is 531 g/mol. The van der Waals surface area contributed by atoms with Gasteiger partial charge in [0.1, 0.15) is 0 Å². The molecule has 0 spiro atoms. The lowest BCUT2D eigenvalue weighted by Crippen LogP contribution is -2.23. The maximum Gasteiger partial charge on any atom is 0.362 e. The molecule has 2 aromatic rings. The number of rotatable bonds is 7. The number of benzene rings is 2. The Balaban J connectivity index is 2.44. The van der Waals surface area contributed by atoms with Gasteiger partial charge in [0.25, 0.3) is 0 Å². The molecular weight excluding hydrogens is 510 g/mol. The van der Waals surface area contributed by atoms with E-state index in [1.54, 1.807) is 0 Å². The molecule has 0 radical (unpaired) electrons. The van der Waals surface area contributed by atoms with Gasteiger partial charge in [0.2, 0.25) is 21.7 Å². The van der Waals surface area contributed by atoms with Gasteiger partial charge in [0.15, 0.2) is 7.60 Å². The summed E-state index contributed by atoms with van der Waals surface area (Å²) in [5.74, 6) is -1.21. The van der Waals surface area contributed by atoms with Crippen LogP contribution < -0.4 is 26.1 Å². The predicted molar refractivity (Wildman–Crippen MR) is 121 cm³/mol. The Morgan fingerprint density at radius 1 is 0.794 bits per heavy atom. The minimum atomic E-state index is -4.71. The van der Waals surface area contributed by atoms with Gasteiger partial charge in [-0.1, -0.05) is 0 Å². The zero-order chi connectivity index (χ0) is 25.6. The minimum Gasteiger partial charge on any atom is -0.775 e. The molecule has 0 fully saturated rings. The van der Waals surface area contributed by atoms with Crippen LogP contribution in [0.3, 0.4) is 0 Å². The maximum absolute atomic E-state index is 13.3. The Hall–Kier alpha value is -2.37. The summed E-state index contributed by atoms with van der Waals surface area (Å²) in [5, 5.41) is 4.12. The van der Waals surface area contributed by atoms with Crippen molar-refractivity contribution in [2.75, 3.05) is 32.0 Å². The summed E-state index contributed by atoms with van der Waals surface area (Å²) in [6, 6.07) is 4.35. The first kappa shape index (κ1) is 26.2. The highest BCUT2D eigenvalue weighted by Crippen LogP contribution is 2.52. The van der Waals surface area contributed by atoms with Gasteiger partial charge in [-0.2, -0.15) is 0 Å². The highest BCUT2D eigenvalue weighted by atomic mass is 32.2. The Labute approximate surface area is 195 Å². The molecular formula is C19H21N2O10P2S-. The van der Waals surface area contributed by atoms with Crippen LogP contribution >= 0.6 is 15.2 Å². The zero-order valence-electron chi connectivity index (χ0n) is 18.7. The van der Waals surface area contributed by atoms with Crippen LogP contribution in [0.25, 0.3) is 11.1 Å². The number of sulfone groups is 1. The van der Waals surface area contributed by atoms with Crippen molar-refractivity contribution in [2.24, 2.45) is 0 Å². The molecule has 1 atom stereocenters. The van der Waals surface area contributed by atoms with E-state index >= 15 is 0 Å². The van der Waals surface area contributed by atoms with Crippen molar-refractivity contribution >= 4 is 58.8 Å². The van der Waals surface area contributed by atoms with Crippen LogP contribution in [-0.4, -0.2) is 41.6 Å². The molecule has 0 saturated heterocycles. The Morgan fingerprint density at radius 3 is 1.59 bits per heavy atom. The third-order valence-corrected chi connectivity index (χ3v) is 10.2. The SMILES string of the molecule is COP(=O)([O-])c1cc2c(cc1NC(C)=O)S(=O)(=O)c1cc(NC(C)=O)c(P(=O)(OC)OC)cc1-2. The van der Waals surface area contributed by atoms with Crippen LogP contribution in [0, 0.1) is 0 Å². The van der Waals surface area contributed by atoms with Crippen LogP contribution in [0.4, 0.5) is 11.4 Å². The van der Waals surface area contributed by atoms with Crippen molar-refractivity contribution in [3.8, 4) is 11.1 Å². The van der Waals surface area contributed by atoms with Crippen molar-refractivity contribution < 1.29 is 45.6 Å². The van der Waals surface area contributed by atoms with Gasteiger partial charge in [-0.05, 0) is 24.3 Å². The van der Waals surface area contributed by atoms with Crippen LogP contribution in [-0.2, 0) is 42.1 Å². The average Bonchev–Trinajstić information content (AvgIpc) is 2.97. The molecule has 34 heavy (non-hydrogen) atoms. The first-order valence-corrected chi connectivity index (χ1v) is 14.0. The van der Waals surface area contributed by atoms with E-state index in [1.807, 2.05) is 0 Å². The van der Waals surface area contributed by atoms with Crippen LogP contribution in [0.1, 0.15) is 13.8 Å². The summed E-state index contributed by atoms with van der Waals surface area (Å²) in [5.41, 5.74) is -0.449. The first-order valence-electron chi connectivity index (χ1n) is 9.48. The lowest BCUT2D eigenvalue weighted by molar-refractivity contribution is -0.191. The molecule has 3 rings (SSSR count). The summed E-state index contributed by atoms with van der Waals surface area (Å²) < 4.78 is 67.0. The molecule has 2 aromatic carbocycles. The fraction of sp³-hybridized carbons (Fsp3) is 0.263. The largest absolute Gasteiger partial charge is 0.775 e. The van der Waals surface area contributed by atoms with Gasteiger partial charge in [0.05, 0.1) is 26.5 Å². The second-order valence-electron chi connectivity index (χ2n) is 7.14. The highest BCUT2D eigenvalue weighted by molar-refractivity contribution is 7.92. The fourth-order valence-corrected chi connectivity index (χ4v) is 7.37. The quantitative estimate of drug-likeness (QED) is 0.423. The number of nitrogens with one attached hydrogen (secondary N) is 2. The number of carbonyl (C=O) groups excluding carboxylic acids is 2. The molecule has 0 aromatic heterocycles. The Bertz CT molecular complexity index is 1410. The third kappa shape index (κ3) is 4.36. The summed E-state index contributed by atoms with van der Waals surface area (Å²) in [4.78, 5) is 35.3. The molecule has 0 saturated carbocycles. The van der Waals surface area contributed by atoms with Crippen LogP contribution in [0.2, 0.25) is 0 Å². The molecule has 1 aliphatic heterocycles. The van der Waals surface area contributed by atoms with E-state index < -0.39 is 42.1 Å². The summed E-state index contributed by atoms with van der Waals surface area (Å²) >= 11 is 0. The standard InChI is InChI=1S/C19H22N2O10P2S/c1-10(22)20-14-8-18-12(6-16(14)32(24,25)29-3)13-7-17(33(26,30-4)31-5)15(21-11(2)23)9-19(13)34(18,27)28/h6-9H,1-5H3,(H,20,22)(H,21,23)(H,24,25)/p-1. The predicted octanol–water partition coefficient (Wildman–Crippen LogP) is 1.35. The number of anilines is 2. The van der Waals surface area contributed by atoms with Crippen molar-refractivity contribution in [1.29, 1.82) is 0 Å². The van der Waals surface area contributed by atoms with E-state index in [-0.39, 0.29) is 37.6 Å². The summed E-state index contributed by atoms with van der Waals surface area (Å²) in [6.45, 7) is 2.30. The second kappa shape index (κ2) is 9.01. The molecule has 1 aliphatic rings. The molecule has 2 amide bonds. The van der Waals surface area contributed by atoms with Crippen molar-refractivity contribution in [3.63, 3.8) is 0 Å². The summed E-state index contributed by atoms with van der Waals surface area (Å²) in [7, 11) is -9.79. The van der Waals surface area contributed by atoms with Gasteiger partial charge < -0.3 is 33.7 Å². The van der Waals surface area contributed by atoms with E-state index in [2.05, 4.69) is 15.2 Å². The third-order valence-electron chi connectivity index (χ3n) is 5.00. The normalized spacial score (nSPS) is 15.7. The van der Waals surface area contributed by atoms with Crippen molar-refractivity contribution in [3.05, 3.63) is 24.3 Å². The average molecular weight is 531 g/mol. The van der Waals surface area contributed by atoms with Gasteiger partial charge in [-0.15, -0.1) is 0 Å².